The third-order valence-corrected chi connectivity index (χ3v) is 3.22. The summed E-state index contributed by atoms with van der Waals surface area (Å²) in [5.41, 5.74) is 0.537. The SMILES string of the molecule is Cc1ccc(C)c(C(=O)CN(C(=O)OC(C)(C)C)C(=O)OC(C)(C)C)c1. The van der Waals surface area contributed by atoms with E-state index in [0.29, 0.717) is 10.5 Å². The number of ether oxygens (including phenoxy) is 2. The Labute approximate surface area is 155 Å². The van der Waals surface area contributed by atoms with Crippen LogP contribution in [0.2, 0.25) is 0 Å². The lowest BCUT2D eigenvalue weighted by Crippen LogP contribution is -2.46. The fourth-order valence-electron chi connectivity index (χ4n) is 2.10. The predicted molar refractivity (Wildman–Crippen MR) is 99.4 cm³/mol. The van der Waals surface area contributed by atoms with E-state index in [1.807, 2.05) is 19.1 Å². The highest BCUT2D eigenvalue weighted by Gasteiger charge is 2.33. The van der Waals surface area contributed by atoms with Gasteiger partial charge >= 0.3 is 12.2 Å². The maximum atomic E-state index is 12.7. The average molecular weight is 363 g/mol. The molecular weight excluding hydrogens is 334 g/mol. The number of hydrogen-bond donors (Lipinski definition) is 0. The van der Waals surface area contributed by atoms with Gasteiger partial charge in [0, 0.05) is 5.56 Å². The molecule has 6 nitrogen and oxygen atoms in total. The van der Waals surface area contributed by atoms with Crippen molar-refractivity contribution < 1.29 is 23.9 Å². The minimum atomic E-state index is -0.912. The van der Waals surface area contributed by atoms with Crippen LogP contribution in [0.5, 0.6) is 0 Å². The molecule has 0 heterocycles. The van der Waals surface area contributed by atoms with Crippen LogP contribution in [-0.2, 0) is 9.47 Å². The van der Waals surface area contributed by atoms with Gasteiger partial charge in [-0.1, -0.05) is 17.7 Å². The third kappa shape index (κ3) is 6.86. The highest BCUT2D eigenvalue weighted by Crippen LogP contribution is 2.17. The van der Waals surface area contributed by atoms with E-state index in [4.69, 9.17) is 9.47 Å². The zero-order chi connectivity index (χ0) is 20.3. The summed E-state index contributed by atoms with van der Waals surface area (Å²) < 4.78 is 10.5. The molecule has 0 unspecified atom stereocenters. The second kappa shape index (κ2) is 7.89. The average Bonchev–Trinajstić information content (AvgIpc) is 2.43. The number of nitrogens with zero attached hydrogens (tertiary/aromatic N) is 1. The quantitative estimate of drug-likeness (QED) is 0.730. The van der Waals surface area contributed by atoms with Crippen LogP contribution in [0.1, 0.15) is 63.0 Å². The summed E-state index contributed by atoms with van der Waals surface area (Å²) >= 11 is 0. The number of hydrogen-bond acceptors (Lipinski definition) is 5. The van der Waals surface area contributed by atoms with Crippen molar-refractivity contribution in [3.63, 3.8) is 0 Å². The molecule has 1 aromatic rings. The molecule has 0 aliphatic rings. The summed E-state index contributed by atoms with van der Waals surface area (Å²) in [7, 11) is 0. The first-order chi connectivity index (χ1) is 11.7. The van der Waals surface area contributed by atoms with Crippen molar-refractivity contribution in [1.29, 1.82) is 0 Å². The van der Waals surface area contributed by atoms with Crippen LogP contribution in [0.4, 0.5) is 9.59 Å². The zero-order valence-electron chi connectivity index (χ0n) is 16.9. The van der Waals surface area contributed by atoms with Crippen LogP contribution in [0, 0.1) is 13.8 Å². The van der Waals surface area contributed by atoms with Crippen LogP contribution in [-0.4, -0.2) is 40.6 Å². The van der Waals surface area contributed by atoms with Crippen molar-refractivity contribution in [2.24, 2.45) is 0 Å². The monoisotopic (exact) mass is 363 g/mol. The molecule has 0 aliphatic heterocycles. The van der Waals surface area contributed by atoms with Gasteiger partial charge in [0.2, 0.25) is 0 Å². The summed E-state index contributed by atoms with van der Waals surface area (Å²) in [5, 5.41) is 0. The van der Waals surface area contributed by atoms with E-state index >= 15 is 0 Å². The maximum absolute atomic E-state index is 12.7. The van der Waals surface area contributed by atoms with Gasteiger partial charge in [-0.05, 0) is 67.0 Å². The first-order valence-electron chi connectivity index (χ1n) is 8.53. The second-order valence-corrected chi connectivity index (χ2v) is 8.29. The van der Waals surface area contributed by atoms with Gasteiger partial charge in [-0.3, -0.25) is 4.79 Å². The molecule has 0 bridgehead atoms. The summed E-state index contributed by atoms with van der Waals surface area (Å²) in [6.07, 6.45) is -1.82. The van der Waals surface area contributed by atoms with Gasteiger partial charge in [0.25, 0.3) is 0 Å². The molecule has 2 amide bonds. The molecule has 0 fully saturated rings. The van der Waals surface area contributed by atoms with E-state index in [1.165, 1.54) is 0 Å². The van der Waals surface area contributed by atoms with Gasteiger partial charge in [-0.25, -0.2) is 14.5 Å². The maximum Gasteiger partial charge on any atom is 0.420 e. The minimum Gasteiger partial charge on any atom is -0.443 e. The Kier molecular flexibility index (Phi) is 6.58. The summed E-state index contributed by atoms with van der Waals surface area (Å²) in [4.78, 5) is 38.3. The van der Waals surface area contributed by atoms with E-state index in [2.05, 4.69) is 0 Å². The van der Waals surface area contributed by atoms with Crippen molar-refractivity contribution in [3.05, 3.63) is 34.9 Å². The third-order valence-electron chi connectivity index (χ3n) is 3.22. The number of Topliss-reactive ketones (excluding diaryl/α,β-unsaturated/α-hetero) is 1. The molecule has 0 saturated carbocycles. The van der Waals surface area contributed by atoms with Crippen molar-refractivity contribution in [3.8, 4) is 0 Å². The second-order valence-electron chi connectivity index (χ2n) is 8.29. The molecule has 0 aromatic heterocycles. The number of aryl methyl sites for hydroxylation is 2. The number of ketones is 1. The lowest BCUT2D eigenvalue weighted by Gasteiger charge is -2.28. The highest BCUT2D eigenvalue weighted by molar-refractivity contribution is 6.03. The van der Waals surface area contributed by atoms with Crippen LogP contribution in [0.25, 0.3) is 0 Å². The zero-order valence-corrected chi connectivity index (χ0v) is 16.9. The van der Waals surface area contributed by atoms with Gasteiger partial charge in [-0.15, -0.1) is 0 Å². The first-order valence-corrected chi connectivity index (χ1v) is 8.53. The number of imide groups is 1. The number of rotatable bonds is 3. The predicted octanol–water partition coefficient (Wildman–Crippen LogP) is 4.66. The van der Waals surface area contributed by atoms with E-state index in [9.17, 15) is 14.4 Å². The Morgan fingerprint density at radius 3 is 1.77 bits per heavy atom. The van der Waals surface area contributed by atoms with Gasteiger partial charge in [-0.2, -0.15) is 0 Å². The van der Waals surface area contributed by atoms with Crippen LogP contribution in [0.15, 0.2) is 18.2 Å². The standard InChI is InChI=1S/C20H29NO5/c1-13-9-10-14(2)15(11-13)16(22)12-21(17(23)25-19(3,4)5)18(24)26-20(6,7)8/h9-11H,12H2,1-8H3. The minimum absolute atomic E-state index is 0.358. The molecule has 0 radical (unpaired) electrons. The Balaban J connectivity index is 3.11. The van der Waals surface area contributed by atoms with E-state index in [-0.39, 0.29) is 5.78 Å². The number of benzene rings is 1. The molecule has 6 heteroatoms. The lowest BCUT2D eigenvalue weighted by molar-refractivity contribution is 0.00187. The molecule has 0 atom stereocenters. The molecular formula is C20H29NO5. The summed E-state index contributed by atoms with van der Waals surface area (Å²) in [6.45, 7) is 13.3. The van der Waals surface area contributed by atoms with Crippen LogP contribution >= 0.6 is 0 Å². The van der Waals surface area contributed by atoms with Crippen molar-refractivity contribution in [1.82, 2.24) is 4.90 Å². The summed E-state index contributed by atoms with van der Waals surface area (Å²) in [5.74, 6) is -0.358. The normalized spacial score (nSPS) is 11.7. The molecule has 1 aromatic carbocycles. The van der Waals surface area contributed by atoms with Crippen molar-refractivity contribution in [2.45, 2.75) is 66.6 Å². The molecule has 0 aliphatic carbocycles. The fraction of sp³-hybridized carbons (Fsp3) is 0.550. The number of carbonyl (C=O) groups excluding carboxylic acids is 3. The first kappa shape index (κ1) is 21.7. The molecule has 26 heavy (non-hydrogen) atoms. The summed E-state index contributed by atoms with van der Waals surface area (Å²) in [6, 6.07) is 5.46. The van der Waals surface area contributed by atoms with E-state index in [1.54, 1.807) is 54.5 Å². The lowest BCUT2D eigenvalue weighted by atomic mass is 10.0. The van der Waals surface area contributed by atoms with Crippen LogP contribution < -0.4 is 0 Å². The van der Waals surface area contributed by atoms with E-state index < -0.39 is 29.9 Å². The van der Waals surface area contributed by atoms with Gasteiger partial charge in [0.05, 0.1) is 6.54 Å². The molecule has 0 saturated heterocycles. The Bertz CT molecular complexity index is 667. The molecule has 144 valence electrons. The topological polar surface area (TPSA) is 72.9 Å². The van der Waals surface area contributed by atoms with Gasteiger partial charge < -0.3 is 9.47 Å². The van der Waals surface area contributed by atoms with Gasteiger partial charge in [0.1, 0.15) is 11.2 Å². The van der Waals surface area contributed by atoms with Gasteiger partial charge in [0.15, 0.2) is 5.78 Å². The largest absolute Gasteiger partial charge is 0.443 e. The molecule has 0 spiro atoms. The number of amides is 2. The number of carbonyl (C=O) groups is 3. The van der Waals surface area contributed by atoms with Crippen molar-refractivity contribution >= 4 is 18.0 Å². The van der Waals surface area contributed by atoms with Crippen molar-refractivity contribution in [2.75, 3.05) is 6.54 Å². The van der Waals surface area contributed by atoms with E-state index in [0.717, 1.165) is 11.1 Å². The Morgan fingerprint density at radius 1 is 0.885 bits per heavy atom. The highest BCUT2D eigenvalue weighted by atomic mass is 16.6. The fourth-order valence-corrected chi connectivity index (χ4v) is 2.10. The Morgan fingerprint density at radius 2 is 1.35 bits per heavy atom. The molecule has 1 rings (SSSR count). The molecule has 0 N–H and O–H groups in total. The Hall–Kier alpha value is -2.37. The van der Waals surface area contributed by atoms with Crippen LogP contribution in [0.3, 0.4) is 0 Å². The smallest absolute Gasteiger partial charge is 0.420 e.